The number of hydrogen-bond donors (Lipinski definition) is 1. The number of anilines is 1. The first-order valence-electron chi connectivity index (χ1n) is 6.83. The number of carbonyl (C=O) groups is 1. The SMILES string of the molecule is CCN(C(=O)c1ccc(OC)cc1O)c1ccccc1C. The smallest absolute Gasteiger partial charge is 0.262 e. The van der Waals surface area contributed by atoms with Crippen molar-refractivity contribution >= 4 is 11.6 Å². The van der Waals surface area contributed by atoms with Gasteiger partial charge >= 0.3 is 0 Å². The zero-order chi connectivity index (χ0) is 15.4. The number of aromatic hydroxyl groups is 1. The van der Waals surface area contributed by atoms with Crippen LogP contribution in [0.3, 0.4) is 0 Å². The lowest BCUT2D eigenvalue weighted by Crippen LogP contribution is -2.31. The number of aryl methyl sites for hydroxylation is 1. The second-order valence-electron chi connectivity index (χ2n) is 4.72. The molecule has 2 aromatic carbocycles. The summed E-state index contributed by atoms with van der Waals surface area (Å²) in [5.41, 5.74) is 2.13. The quantitative estimate of drug-likeness (QED) is 0.937. The Balaban J connectivity index is 2.39. The zero-order valence-electron chi connectivity index (χ0n) is 12.5. The van der Waals surface area contributed by atoms with Gasteiger partial charge in [-0.05, 0) is 37.6 Å². The van der Waals surface area contributed by atoms with Gasteiger partial charge in [-0.25, -0.2) is 0 Å². The number of rotatable bonds is 4. The average Bonchev–Trinajstić information content (AvgIpc) is 2.49. The number of carbonyl (C=O) groups excluding carboxylic acids is 1. The van der Waals surface area contributed by atoms with E-state index in [2.05, 4.69) is 0 Å². The number of methoxy groups -OCH3 is 1. The van der Waals surface area contributed by atoms with Crippen molar-refractivity contribution in [3.8, 4) is 11.5 Å². The third-order valence-electron chi connectivity index (χ3n) is 3.40. The molecule has 0 aliphatic heterocycles. The number of phenols is 1. The monoisotopic (exact) mass is 285 g/mol. The van der Waals surface area contributed by atoms with Gasteiger partial charge in [0, 0.05) is 18.3 Å². The van der Waals surface area contributed by atoms with Crippen LogP contribution >= 0.6 is 0 Å². The van der Waals surface area contributed by atoms with Gasteiger partial charge in [0.1, 0.15) is 11.5 Å². The standard InChI is InChI=1S/C17H19NO3/c1-4-18(15-8-6-5-7-12(15)2)17(20)14-10-9-13(21-3)11-16(14)19/h5-11,19H,4H2,1-3H3. The van der Waals surface area contributed by atoms with Crippen molar-refractivity contribution in [3.63, 3.8) is 0 Å². The molecule has 21 heavy (non-hydrogen) atoms. The maximum atomic E-state index is 12.7. The highest BCUT2D eigenvalue weighted by atomic mass is 16.5. The Hall–Kier alpha value is -2.49. The molecule has 0 saturated carbocycles. The van der Waals surface area contributed by atoms with Crippen molar-refractivity contribution < 1.29 is 14.6 Å². The van der Waals surface area contributed by atoms with E-state index in [0.717, 1.165) is 11.3 Å². The first kappa shape index (κ1) is 14.9. The van der Waals surface area contributed by atoms with Crippen LogP contribution < -0.4 is 9.64 Å². The van der Waals surface area contributed by atoms with Crippen LogP contribution in [0, 0.1) is 6.92 Å². The highest BCUT2D eigenvalue weighted by molar-refractivity contribution is 6.08. The summed E-state index contributed by atoms with van der Waals surface area (Å²) in [6.07, 6.45) is 0. The van der Waals surface area contributed by atoms with Crippen LogP contribution in [0.1, 0.15) is 22.8 Å². The van der Waals surface area contributed by atoms with E-state index < -0.39 is 0 Å². The molecule has 0 bridgehead atoms. The molecule has 0 fully saturated rings. The molecule has 1 amide bonds. The summed E-state index contributed by atoms with van der Waals surface area (Å²) in [6.45, 7) is 4.39. The minimum Gasteiger partial charge on any atom is -0.507 e. The molecular weight excluding hydrogens is 266 g/mol. The predicted molar refractivity (Wildman–Crippen MR) is 83.2 cm³/mol. The van der Waals surface area contributed by atoms with Gasteiger partial charge in [-0.3, -0.25) is 4.79 Å². The number of nitrogens with zero attached hydrogens (tertiary/aromatic N) is 1. The Labute approximate surface area is 124 Å². The number of amides is 1. The van der Waals surface area contributed by atoms with E-state index >= 15 is 0 Å². The van der Waals surface area contributed by atoms with Crippen LogP contribution in [0.4, 0.5) is 5.69 Å². The summed E-state index contributed by atoms with van der Waals surface area (Å²) in [7, 11) is 1.52. The average molecular weight is 285 g/mol. The van der Waals surface area contributed by atoms with Crippen LogP contribution in [0.15, 0.2) is 42.5 Å². The Morgan fingerprint density at radius 2 is 1.95 bits per heavy atom. The van der Waals surface area contributed by atoms with Crippen LogP contribution in [0.25, 0.3) is 0 Å². The molecule has 4 nitrogen and oxygen atoms in total. The van der Waals surface area contributed by atoms with Gasteiger partial charge in [0.25, 0.3) is 5.91 Å². The lowest BCUT2D eigenvalue weighted by Gasteiger charge is -2.23. The molecule has 0 radical (unpaired) electrons. The maximum Gasteiger partial charge on any atom is 0.262 e. The van der Waals surface area contributed by atoms with Crippen molar-refractivity contribution in [1.29, 1.82) is 0 Å². The van der Waals surface area contributed by atoms with E-state index in [-0.39, 0.29) is 17.2 Å². The molecule has 0 atom stereocenters. The minimum absolute atomic E-state index is 0.0774. The van der Waals surface area contributed by atoms with Gasteiger partial charge in [0.15, 0.2) is 0 Å². The fourth-order valence-corrected chi connectivity index (χ4v) is 2.25. The first-order chi connectivity index (χ1) is 10.1. The highest BCUT2D eigenvalue weighted by Gasteiger charge is 2.20. The van der Waals surface area contributed by atoms with Crippen LogP contribution in [0.2, 0.25) is 0 Å². The van der Waals surface area contributed by atoms with Crippen molar-refractivity contribution in [1.82, 2.24) is 0 Å². The fraction of sp³-hybridized carbons (Fsp3) is 0.235. The van der Waals surface area contributed by atoms with Crippen LogP contribution in [0.5, 0.6) is 11.5 Å². The molecule has 0 aliphatic rings. The molecule has 2 rings (SSSR count). The minimum atomic E-state index is -0.230. The molecular formula is C17H19NO3. The normalized spacial score (nSPS) is 10.2. The maximum absolute atomic E-state index is 12.7. The van der Waals surface area contributed by atoms with Crippen molar-refractivity contribution in [3.05, 3.63) is 53.6 Å². The Morgan fingerprint density at radius 3 is 2.52 bits per heavy atom. The van der Waals surface area contributed by atoms with Crippen molar-refractivity contribution in [2.75, 3.05) is 18.6 Å². The molecule has 4 heteroatoms. The largest absolute Gasteiger partial charge is 0.507 e. The summed E-state index contributed by atoms with van der Waals surface area (Å²) in [6, 6.07) is 12.4. The van der Waals surface area contributed by atoms with Gasteiger partial charge in [-0.1, -0.05) is 18.2 Å². The molecule has 1 N–H and O–H groups in total. The second-order valence-corrected chi connectivity index (χ2v) is 4.72. The van der Waals surface area contributed by atoms with E-state index in [0.29, 0.717) is 12.3 Å². The highest BCUT2D eigenvalue weighted by Crippen LogP contribution is 2.27. The van der Waals surface area contributed by atoms with Gasteiger partial charge < -0.3 is 14.7 Å². The number of benzene rings is 2. The Morgan fingerprint density at radius 1 is 1.24 bits per heavy atom. The molecule has 2 aromatic rings. The lowest BCUT2D eigenvalue weighted by atomic mass is 10.1. The molecule has 0 aliphatic carbocycles. The summed E-state index contributed by atoms with van der Waals surface area (Å²) < 4.78 is 5.04. The summed E-state index contributed by atoms with van der Waals surface area (Å²) in [5.74, 6) is 0.210. The van der Waals surface area contributed by atoms with E-state index in [4.69, 9.17) is 4.74 Å². The van der Waals surface area contributed by atoms with E-state index in [1.165, 1.54) is 13.2 Å². The molecule has 0 heterocycles. The predicted octanol–water partition coefficient (Wildman–Crippen LogP) is 3.38. The van der Waals surface area contributed by atoms with E-state index in [9.17, 15) is 9.90 Å². The van der Waals surface area contributed by atoms with Gasteiger partial charge in [-0.2, -0.15) is 0 Å². The number of ether oxygens (including phenoxy) is 1. The first-order valence-corrected chi connectivity index (χ1v) is 6.83. The third kappa shape index (κ3) is 2.99. The molecule has 110 valence electrons. The molecule has 0 saturated heterocycles. The Kier molecular flexibility index (Phi) is 4.48. The summed E-state index contributed by atoms with van der Waals surface area (Å²) >= 11 is 0. The van der Waals surface area contributed by atoms with Crippen LogP contribution in [-0.2, 0) is 0 Å². The topological polar surface area (TPSA) is 49.8 Å². The van der Waals surface area contributed by atoms with Crippen molar-refractivity contribution in [2.24, 2.45) is 0 Å². The third-order valence-corrected chi connectivity index (χ3v) is 3.40. The zero-order valence-corrected chi connectivity index (χ0v) is 12.5. The number of para-hydroxylation sites is 1. The van der Waals surface area contributed by atoms with E-state index in [1.54, 1.807) is 17.0 Å². The Bertz CT molecular complexity index is 652. The van der Waals surface area contributed by atoms with Crippen LogP contribution in [-0.4, -0.2) is 24.7 Å². The number of phenolic OH excluding ortho intramolecular Hbond substituents is 1. The van der Waals surface area contributed by atoms with Gasteiger partial charge in [0.2, 0.25) is 0 Å². The molecule has 0 aromatic heterocycles. The summed E-state index contributed by atoms with van der Waals surface area (Å²) in [5, 5.41) is 10.0. The number of hydrogen-bond acceptors (Lipinski definition) is 3. The fourth-order valence-electron chi connectivity index (χ4n) is 2.25. The second kappa shape index (κ2) is 6.31. The van der Waals surface area contributed by atoms with E-state index in [1.807, 2.05) is 38.1 Å². The van der Waals surface area contributed by atoms with Gasteiger partial charge in [-0.15, -0.1) is 0 Å². The molecule has 0 unspecified atom stereocenters. The molecule has 0 spiro atoms. The van der Waals surface area contributed by atoms with Crippen molar-refractivity contribution in [2.45, 2.75) is 13.8 Å². The van der Waals surface area contributed by atoms with Gasteiger partial charge in [0.05, 0.1) is 12.7 Å². The summed E-state index contributed by atoms with van der Waals surface area (Å²) in [4.78, 5) is 14.3. The lowest BCUT2D eigenvalue weighted by molar-refractivity contribution is 0.0985.